The molecule has 1 aromatic heterocycles. The van der Waals surface area contributed by atoms with E-state index >= 15 is 0 Å². The van der Waals surface area contributed by atoms with Crippen molar-refractivity contribution in [1.82, 2.24) is 15.5 Å². The summed E-state index contributed by atoms with van der Waals surface area (Å²) >= 11 is 1.89. The number of nitrogens with one attached hydrogen (secondary N) is 1. The van der Waals surface area contributed by atoms with Crippen molar-refractivity contribution in [3.8, 4) is 0 Å². The molecule has 4 nitrogen and oxygen atoms in total. The van der Waals surface area contributed by atoms with E-state index < -0.39 is 0 Å². The van der Waals surface area contributed by atoms with Crippen molar-refractivity contribution in [3.63, 3.8) is 0 Å². The van der Waals surface area contributed by atoms with Crippen molar-refractivity contribution in [2.45, 2.75) is 63.0 Å². The van der Waals surface area contributed by atoms with Crippen LogP contribution in [0.1, 0.15) is 57.7 Å². The Kier molecular flexibility index (Phi) is 5.06. The molecule has 1 saturated heterocycles. The molecule has 0 aromatic carbocycles. The Hall–Kier alpha value is -0.550. The second kappa shape index (κ2) is 6.57. The lowest BCUT2D eigenvalue weighted by atomic mass is 9.93. The van der Waals surface area contributed by atoms with E-state index in [2.05, 4.69) is 36.2 Å². The Labute approximate surface area is 113 Å². The highest BCUT2D eigenvalue weighted by Crippen LogP contribution is 2.27. The number of rotatable bonds is 5. The van der Waals surface area contributed by atoms with Gasteiger partial charge in [0.25, 0.3) is 0 Å². The molecule has 3 atom stereocenters. The Morgan fingerprint density at radius 3 is 3.11 bits per heavy atom. The van der Waals surface area contributed by atoms with Gasteiger partial charge in [0.2, 0.25) is 5.89 Å². The van der Waals surface area contributed by atoms with Gasteiger partial charge >= 0.3 is 0 Å². The largest absolute Gasteiger partial charge is 0.339 e. The van der Waals surface area contributed by atoms with Gasteiger partial charge in [-0.05, 0) is 32.7 Å². The number of hydrogen-bond donors (Lipinski definition) is 1. The minimum absolute atomic E-state index is 0.441. The second-order valence-electron chi connectivity index (χ2n) is 5.16. The first-order valence-electron chi connectivity index (χ1n) is 6.86. The highest BCUT2D eigenvalue weighted by Gasteiger charge is 2.24. The zero-order valence-electron chi connectivity index (χ0n) is 11.5. The molecule has 0 spiro atoms. The van der Waals surface area contributed by atoms with Crippen molar-refractivity contribution in [2.75, 3.05) is 6.54 Å². The van der Waals surface area contributed by atoms with Crippen molar-refractivity contribution in [1.29, 1.82) is 0 Å². The fourth-order valence-corrected chi connectivity index (χ4v) is 2.97. The summed E-state index contributed by atoms with van der Waals surface area (Å²) in [6.07, 6.45) is 3.38. The summed E-state index contributed by atoms with van der Waals surface area (Å²) in [5.41, 5.74) is 0. The van der Waals surface area contributed by atoms with E-state index in [0.717, 1.165) is 36.9 Å². The van der Waals surface area contributed by atoms with Gasteiger partial charge in [-0.2, -0.15) is 16.7 Å². The van der Waals surface area contributed by atoms with Crippen LogP contribution in [0.2, 0.25) is 0 Å². The first-order chi connectivity index (χ1) is 8.69. The summed E-state index contributed by atoms with van der Waals surface area (Å²) in [5, 5.41) is 8.20. The number of piperidine rings is 1. The summed E-state index contributed by atoms with van der Waals surface area (Å²) in [4.78, 5) is 4.55. The third-order valence-corrected chi connectivity index (χ3v) is 4.86. The Morgan fingerprint density at radius 2 is 2.39 bits per heavy atom. The third kappa shape index (κ3) is 3.72. The summed E-state index contributed by atoms with van der Waals surface area (Å²) in [5.74, 6) is 2.99. The minimum atomic E-state index is 0.441. The van der Waals surface area contributed by atoms with Crippen molar-refractivity contribution in [2.24, 2.45) is 0 Å². The normalized spacial score (nSPS) is 26.2. The molecular weight excluding hydrogens is 246 g/mol. The number of thioether (sulfide) groups is 1. The van der Waals surface area contributed by atoms with E-state index in [9.17, 15) is 0 Å². The molecule has 1 aromatic rings. The molecule has 1 aliphatic heterocycles. The maximum Gasteiger partial charge on any atom is 0.229 e. The van der Waals surface area contributed by atoms with Crippen LogP contribution in [0.3, 0.4) is 0 Å². The first kappa shape index (κ1) is 13.9. The van der Waals surface area contributed by atoms with Crippen LogP contribution in [0.25, 0.3) is 0 Å². The lowest BCUT2D eigenvalue weighted by Crippen LogP contribution is -2.34. The molecule has 5 heteroatoms. The predicted molar refractivity (Wildman–Crippen MR) is 74.8 cm³/mol. The highest BCUT2D eigenvalue weighted by molar-refractivity contribution is 7.99. The van der Waals surface area contributed by atoms with Gasteiger partial charge in [-0.25, -0.2) is 0 Å². The SMILES string of the molecule is CCC(C)SCc1noc(C2CCNC(C)C2)n1. The lowest BCUT2D eigenvalue weighted by molar-refractivity contribution is 0.294. The number of hydrogen-bond acceptors (Lipinski definition) is 5. The molecule has 2 rings (SSSR count). The van der Waals surface area contributed by atoms with Gasteiger partial charge in [-0.15, -0.1) is 0 Å². The van der Waals surface area contributed by atoms with E-state index in [-0.39, 0.29) is 0 Å². The monoisotopic (exact) mass is 269 g/mol. The van der Waals surface area contributed by atoms with Crippen LogP contribution >= 0.6 is 11.8 Å². The summed E-state index contributed by atoms with van der Waals surface area (Å²) in [6.45, 7) is 7.70. The molecule has 1 aliphatic rings. The topological polar surface area (TPSA) is 51.0 Å². The highest BCUT2D eigenvalue weighted by atomic mass is 32.2. The number of nitrogens with zero attached hydrogens (tertiary/aromatic N) is 2. The van der Waals surface area contributed by atoms with Gasteiger partial charge in [0.1, 0.15) is 0 Å². The van der Waals surface area contributed by atoms with Gasteiger partial charge in [-0.1, -0.05) is 19.0 Å². The van der Waals surface area contributed by atoms with Crippen molar-refractivity contribution >= 4 is 11.8 Å². The molecule has 102 valence electrons. The molecular formula is C13H23N3OS. The molecule has 0 saturated carbocycles. The van der Waals surface area contributed by atoms with E-state index in [1.165, 1.54) is 6.42 Å². The summed E-state index contributed by atoms with van der Waals surface area (Å²) < 4.78 is 5.42. The average molecular weight is 269 g/mol. The van der Waals surface area contributed by atoms with Crippen LogP contribution < -0.4 is 5.32 Å². The molecule has 3 unspecified atom stereocenters. The maximum absolute atomic E-state index is 5.42. The summed E-state index contributed by atoms with van der Waals surface area (Å²) in [6, 6.07) is 0.550. The van der Waals surface area contributed by atoms with Crippen LogP contribution in [0.15, 0.2) is 4.52 Å². The standard InChI is InChI=1S/C13H23N3OS/c1-4-10(3)18-8-12-15-13(17-16-12)11-5-6-14-9(2)7-11/h9-11,14H,4-8H2,1-3H3. The Morgan fingerprint density at radius 1 is 1.56 bits per heavy atom. The molecule has 0 bridgehead atoms. The van der Waals surface area contributed by atoms with Gasteiger partial charge in [0.15, 0.2) is 5.82 Å². The zero-order chi connectivity index (χ0) is 13.0. The Bertz CT molecular complexity index is 369. The first-order valence-corrected chi connectivity index (χ1v) is 7.91. The molecule has 2 heterocycles. The van der Waals surface area contributed by atoms with E-state index in [0.29, 0.717) is 17.2 Å². The van der Waals surface area contributed by atoms with Crippen LogP contribution in [0.4, 0.5) is 0 Å². The quantitative estimate of drug-likeness (QED) is 0.890. The van der Waals surface area contributed by atoms with Crippen LogP contribution in [-0.4, -0.2) is 28.0 Å². The van der Waals surface area contributed by atoms with Gasteiger partial charge < -0.3 is 9.84 Å². The van der Waals surface area contributed by atoms with E-state index in [1.807, 2.05) is 11.8 Å². The fraction of sp³-hybridized carbons (Fsp3) is 0.846. The molecule has 0 radical (unpaired) electrons. The second-order valence-corrected chi connectivity index (χ2v) is 6.58. The van der Waals surface area contributed by atoms with Gasteiger partial charge in [-0.3, -0.25) is 0 Å². The summed E-state index contributed by atoms with van der Waals surface area (Å²) in [7, 11) is 0. The van der Waals surface area contributed by atoms with Gasteiger partial charge in [0, 0.05) is 17.2 Å². The van der Waals surface area contributed by atoms with Crippen molar-refractivity contribution < 1.29 is 4.52 Å². The van der Waals surface area contributed by atoms with Crippen LogP contribution in [-0.2, 0) is 5.75 Å². The zero-order valence-corrected chi connectivity index (χ0v) is 12.3. The molecule has 0 amide bonds. The predicted octanol–water partition coefficient (Wildman–Crippen LogP) is 2.96. The van der Waals surface area contributed by atoms with E-state index in [1.54, 1.807) is 0 Å². The third-order valence-electron chi connectivity index (χ3n) is 3.53. The number of aromatic nitrogens is 2. The Balaban J connectivity index is 1.89. The van der Waals surface area contributed by atoms with Crippen LogP contribution in [0.5, 0.6) is 0 Å². The lowest BCUT2D eigenvalue weighted by Gasteiger charge is -2.25. The van der Waals surface area contributed by atoms with Crippen LogP contribution in [0, 0.1) is 0 Å². The van der Waals surface area contributed by atoms with E-state index in [4.69, 9.17) is 4.52 Å². The smallest absolute Gasteiger partial charge is 0.229 e. The molecule has 18 heavy (non-hydrogen) atoms. The molecule has 1 N–H and O–H groups in total. The fourth-order valence-electron chi connectivity index (χ4n) is 2.18. The average Bonchev–Trinajstić information content (AvgIpc) is 2.84. The van der Waals surface area contributed by atoms with Crippen molar-refractivity contribution in [3.05, 3.63) is 11.7 Å². The molecule has 1 fully saturated rings. The minimum Gasteiger partial charge on any atom is -0.339 e. The molecule has 0 aliphatic carbocycles. The maximum atomic E-state index is 5.42. The van der Waals surface area contributed by atoms with Gasteiger partial charge in [0.05, 0.1) is 5.75 Å².